The van der Waals surface area contributed by atoms with Crippen LogP contribution in [0.3, 0.4) is 0 Å². The van der Waals surface area contributed by atoms with E-state index in [0.717, 1.165) is 34.2 Å². The summed E-state index contributed by atoms with van der Waals surface area (Å²) in [6.45, 7) is 19.6. The predicted octanol–water partition coefficient (Wildman–Crippen LogP) is 10.4. The second kappa shape index (κ2) is 12.8. The average molecular weight is 494 g/mol. The maximum absolute atomic E-state index is 5.18. The van der Waals surface area contributed by atoms with Gasteiger partial charge < -0.3 is 0 Å². The topological polar surface area (TPSA) is 37.1 Å². The van der Waals surface area contributed by atoms with E-state index in [1.807, 2.05) is 0 Å². The lowest BCUT2D eigenvalue weighted by Crippen LogP contribution is -2.27. The molecule has 0 amide bonds. The molecule has 3 aromatic carbocycles. The van der Waals surface area contributed by atoms with Crippen LogP contribution in [0, 0.1) is 5.92 Å². The van der Waals surface area contributed by atoms with Crippen molar-refractivity contribution >= 4 is 34.2 Å². The van der Waals surface area contributed by atoms with Gasteiger partial charge in [-0.25, -0.2) is 0 Å². The molecule has 0 unspecified atom stereocenters. The molecule has 0 spiro atoms. The first-order valence-corrected chi connectivity index (χ1v) is 13.5. The van der Waals surface area contributed by atoms with E-state index < -0.39 is 0 Å². The van der Waals surface area contributed by atoms with E-state index in [2.05, 4.69) is 135 Å². The Hall–Kier alpha value is -3.33. The first kappa shape index (κ1) is 28.2. The molecule has 3 nitrogen and oxygen atoms in total. The summed E-state index contributed by atoms with van der Waals surface area (Å²) in [6, 6.07) is 25.3. The molecule has 37 heavy (non-hydrogen) atoms. The van der Waals surface area contributed by atoms with Crippen LogP contribution >= 0.6 is 0 Å². The number of rotatable bonds is 9. The Balaban J connectivity index is 2.18. The number of hydrogen-bond donors (Lipinski definition) is 0. The second-order valence-corrected chi connectivity index (χ2v) is 10.8. The van der Waals surface area contributed by atoms with Crippen molar-refractivity contribution in [2.24, 2.45) is 20.9 Å². The fourth-order valence-electron chi connectivity index (χ4n) is 4.90. The van der Waals surface area contributed by atoms with Gasteiger partial charge in [-0.15, -0.1) is 0 Å². The Morgan fingerprint density at radius 1 is 0.432 bits per heavy atom. The minimum Gasteiger partial charge on any atom is -0.257 e. The number of aliphatic imine (C=N–C) groups is 3. The summed E-state index contributed by atoms with van der Waals surface area (Å²) in [4.78, 5) is 15.5. The van der Waals surface area contributed by atoms with Crippen molar-refractivity contribution in [3.63, 3.8) is 0 Å². The highest BCUT2D eigenvalue weighted by Crippen LogP contribution is 2.31. The lowest BCUT2D eigenvalue weighted by atomic mass is 9.92. The van der Waals surface area contributed by atoms with Gasteiger partial charge in [-0.1, -0.05) is 96.1 Å². The molecule has 194 valence electrons. The summed E-state index contributed by atoms with van der Waals surface area (Å²) < 4.78 is 0. The zero-order valence-electron chi connectivity index (χ0n) is 24.1. The maximum Gasteiger partial charge on any atom is 0.0732 e. The summed E-state index contributed by atoms with van der Waals surface area (Å²) >= 11 is 0. The predicted molar refractivity (Wildman–Crippen MR) is 163 cm³/mol. The third-order valence-electron chi connectivity index (χ3n) is 6.82. The van der Waals surface area contributed by atoms with Crippen LogP contribution in [-0.2, 0) is 0 Å². The van der Waals surface area contributed by atoms with Gasteiger partial charge in [0, 0.05) is 17.1 Å². The molecule has 0 aliphatic carbocycles. The molecule has 0 aromatic heterocycles. The van der Waals surface area contributed by atoms with Crippen molar-refractivity contribution in [1.29, 1.82) is 0 Å². The molecule has 0 aliphatic rings. The van der Waals surface area contributed by atoms with Crippen LogP contribution in [0.25, 0.3) is 0 Å². The monoisotopic (exact) mass is 493 g/mol. The van der Waals surface area contributed by atoms with Crippen molar-refractivity contribution in [3.8, 4) is 0 Å². The first-order chi connectivity index (χ1) is 17.6. The summed E-state index contributed by atoms with van der Waals surface area (Å²) in [5.74, 6) is 1.07. The van der Waals surface area contributed by atoms with Crippen LogP contribution in [0.5, 0.6) is 0 Å². The normalized spacial score (nSPS) is 14.1. The van der Waals surface area contributed by atoms with Crippen LogP contribution < -0.4 is 0 Å². The Morgan fingerprint density at radius 2 is 0.676 bits per heavy atom. The number of benzene rings is 3. The third kappa shape index (κ3) is 7.13. The molecule has 3 heteroatoms. The highest BCUT2D eigenvalue weighted by atomic mass is 14.8. The van der Waals surface area contributed by atoms with Gasteiger partial charge in [0.15, 0.2) is 0 Å². The van der Waals surface area contributed by atoms with Crippen molar-refractivity contribution in [1.82, 2.24) is 0 Å². The zero-order valence-corrected chi connectivity index (χ0v) is 24.1. The smallest absolute Gasteiger partial charge is 0.0732 e. The highest BCUT2D eigenvalue weighted by molar-refractivity contribution is 6.23. The Kier molecular flexibility index (Phi) is 9.74. The molecule has 0 saturated heterocycles. The standard InChI is InChI=1S/C34H43N3/c1-22(2)28-16-10-13-19-31(28)35-25(7)34(26(8)36-32-20-14-11-17-29(32)23(3)4)27(9)37-33-21-15-12-18-30(33)24(5)6/h10-24,34H,1-9H3. The van der Waals surface area contributed by atoms with Gasteiger partial charge in [-0.05, 0) is 73.4 Å². The maximum atomic E-state index is 5.18. The first-order valence-electron chi connectivity index (χ1n) is 13.5. The fraction of sp³-hybridized carbons (Fsp3) is 0.382. The molecule has 0 aliphatic heterocycles. The molecule has 0 N–H and O–H groups in total. The quantitative estimate of drug-likeness (QED) is 0.266. The summed E-state index contributed by atoms with van der Waals surface area (Å²) in [5.41, 5.74) is 9.81. The van der Waals surface area contributed by atoms with E-state index in [4.69, 9.17) is 15.0 Å². The fourth-order valence-corrected chi connectivity index (χ4v) is 4.90. The van der Waals surface area contributed by atoms with Crippen molar-refractivity contribution < 1.29 is 0 Å². The Labute approximate surface area is 224 Å². The van der Waals surface area contributed by atoms with Gasteiger partial charge in [0.1, 0.15) is 0 Å². The van der Waals surface area contributed by atoms with E-state index in [1.54, 1.807) is 0 Å². The molecule has 3 rings (SSSR count). The minimum absolute atomic E-state index is 0.111. The van der Waals surface area contributed by atoms with Crippen molar-refractivity contribution in [2.75, 3.05) is 0 Å². The number of hydrogen-bond acceptors (Lipinski definition) is 3. The third-order valence-corrected chi connectivity index (χ3v) is 6.82. The highest BCUT2D eigenvalue weighted by Gasteiger charge is 2.22. The SMILES string of the molecule is CC(=Nc1ccccc1C(C)C)C(C(C)=Nc1ccccc1C(C)C)C(C)=Nc1ccccc1C(C)C. The molecule has 0 heterocycles. The molecule has 0 saturated carbocycles. The van der Waals surface area contributed by atoms with Crippen LogP contribution in [-0.4, -0.2) is 17.1 Å². The van der Waals surface area contributed by atoms with E-state index in [9.17, 15) is 0 Å². The lowest BCUT2D eigenvalue weighted by molar-refractivity contribution is 0.866. The Morgan fingerprint density at radius 3 is 0.919 bits per heavy atom. The summed E-state index contributed by atoms with van der Waals surface area (Å²) in [6.07, 6.45) is 0. The van der Waals surface area contributed by atoms with Gasteiger partial charge in [0.25, 0.3) is 0 Å². The van der Waals surface area contributed by atoms with E-state index in [1.165, 1.54) is 16.7 Å². The summed E-state index contributed by atoms with van der Waals surface area (Å²) in [5, 5.41) is 0. The largest absolute Gasteiger partial charge is 0.257 e. The van der Waals surface area contributed by atoms with Crippen molar-refractivity contribution in [3.05, 3.63) is 89.5 Å². The lowest BCUT2D eigenvalue weighted by Gasteiger charge is -2.20. The number of para-hydroxylation sites is 3. The van der Waals surface area contributed by atoms with E-state index >= 15 is 0 Å². The minimum atomic E-state index is -0.111. The van der Waals surface area contributed by atoms with E-state index in [-0.39, 0.29) is 5.92 Å². The van der Waals surface area contributed by atoms with Gasteiger partial charge in [-0.2, -0.15) is 0 Å². The van der Waals surface area contributed by atoms with Gasteiger partial charge >= 0.3 is 0 Å². The Bertz CT molecular complexity index is 1130. The number of nitrogens with zero attached hydrogens (tertiary/aromatic N) is 3. The molecule has 0 radical (unpaired) electrons. The molecular formula is C34H43N3. The van der Waals surface area contributed by atoms with Gasteiger partial charge in [0.2, 0.25) is 0 Å². The average Bonchev–Trinajstić information content (AvgIpc) is 2.84. The van der Waals surface area contributed by atoms with E-state index in [0.29, 0.717) is 17.8 Å². The van der Waals surface area contributed by atoms with Crippen LogP contribution in [0.4, 0.5) is 17.1 Å². The van der Waals surface area contributed by atoms with Crippen LogP contribution in [0.15, 0.2) is 87.8 Å². The molecule has 3 aromatic rings. The molecule has 0 bridgehead atoms. The van der Waals surface area contributed by atoms with Crippen molar-refractivity contribution in [2.45, 2.75) is 80.1 Å². The molecule has 0 fully saturated rings. The van der Waals surface area contributed by atoms with Gasteiger partial charge in [0.05, 0.1) is 23.0 Å². The molecule has 0 atom stereocenters. The second-order valence-electron chi connectivity index (χ2n) is 10.8. The molecular weight excluding hydrogens is 450 g/mol. The van der Waals surface area contributed by atoms with Crippen LogP contribution in [0.2, 0.25) is 0 Å². The van der Waals surface area contributed by atoms with Crippen LogP contribution in [0.1, 0.15) is 96.8 Å². The van der Waals surface area contributed by atoms with Gasteiger partial charge in [-0.3, -0.25) is 15.0 Å². The summed E-state index contributed by atoms with van der Waals surface area (Å²) in [7, 11) is 0. The zero-order chi connectivity index (χ0) is 27.1.